The number of unbranched alkanes of at least 4 members (excludes halogenated alkanes) is 1. The van der Waals surface area contributed by atoms with Gasteiger partial charge in [-0.05, 0) is 36.2 Å². The van der Waals surface area contributed by atoms with E-state index >= 15 is 0 Å². The Bertz CT molecular complexity index is 1090. The number of nitrogens with one attached hydrogen (secondary N) is 1. The van der Waals surface area contributed by atoms with Crippen LogP contribution in [-0.4, -0.2) is 27.8 Å². The third-order valence-electron chi connectivity index (χ3n) is 4.53. The van der Waals surface area contributed by atoms with Crippen LogP contribution in [0.5, 0.6) is 5.75 Å². The Morgan fingerprint density at radius 2 is 1.94 bits per heavy atom. The molecule has 0 aliphatic heterocycles. The summed E-state index contributed by atoms with van der Waals surface area (Å²) < 4.78 is 30.3. The van der Waals surface area contributed by atoms with Crippen molar-refractivity contribution in [3.63, 3.8) is 0 Å². The topological polar surface area (TPSA) is 73.2 Å². The van der Waals surface area contributed by atoms with Gasteiger partial charge in [0, 0.05) is 13.1 Å². The molecule has 0 saturated carbocycles. The minimum Gasteiger partial charge on any atom is -0.435 e. The third kappa shape index (κ3) is 6.27. The van der Waals surface area contributed by atoms with Crippen LogP contribution in [0.1, 0.15) is 25.3 Å². The molecule has 9 heteroatoms. The van der Waals surface area contributed by atoms with Gasteiger partial charge in [0.2, 0.25) is 5.91 Å². The van der Waals surface area contributed by atoms with Gasteiger partial charge in [0.15, 0.2) is 5.16 Å². The van der Waals surface area contributed by atoms with E-state index in [1.807, 2.05) is 19.1 Å². The Morgan fingerprint density at radius 1 is 1.19 bits per heavy atom. The highest BCUT2D eigenvalue weighted by Gasteiger charge is 2.13. The molecule has 3 rings (SSSR count). The summed E-state index contributed by atoms with van der Waals surface area (Å²) >= 11 is 1.22. The molecular formula is C22H23F2N3O3S. The number of amides is 1. The Morgan fingerprint density at radius 3 is 2.65 bits per heavy atom. The molecular weight excluding hydrogens is 424 g/mol. The zero-order chi connectivity index (χ0) is 22.2. The van der Waals surface area contributed by atoms with Gasteiger partial charge in [-0.2, -0.15) is 8.78 Å². The Balaban J connectivity index is 1.63. The third-order valence-corrected chi connectivity index (χ3v) is 5.51. The highest BCUT2D eigenvalue weighted by molar-refractivity contribution is 7.99. The van der Waals surface area contributed by atoms with Gasteiger partial charge in [-0.15, -0.1) is 0 Å². The number of hydrogen-bond donors (Lipinski definition) is 1. The lowest BCUT2D eigenvalue weighted by atomic mass is 10.2. The number of ether oxygens (including phenoxy) is 1. The fourth-order valence-electron chi connectivity index (χ4n) is 2.94. The van der Waals surface area contributed by atoms with Gasteiger partial charge in [0.1, 0.15) is 5.75 Å². The molecule has 2 aromatic carbocycles. The summed E-state index contributed by atoms with van der Waals surface area (Å²) in [7, 11) is 0. The molecule has 0 atom stereocenters. The highest BCUT2D eigenvalue weighted by atomic mass is 32.2. The molecule has 0 bridgehead atoms. The minimum atomic E-state index is -2.87. The first-order valence-electron chi connectivity index (χ1n) is 9.90. The van der Waals surface area contributed by atoms with Crippen LogP contribution in [0.25, 0.3) is 10.9 Å². The first kappa shape index (κ1) is 22.7. The Kier molecular flexibility index (Phi) is 8.00. The van der Waals surface area contributed by atoms with E-state index in [0.29, 0.717) is 22.6 Å². The Hall–Kier alpha value is -2.94. The minimum absolute atomic E-state index is 0.0630. The fourth-order valence-corrected chi connectivity index (χ4v) is 3.80. The van der Waals surface area contributed by atoms with Gasteiger partial charge < -0.3 is 10.1 Å². The van der Waals surface area contributed by atoms with Crippen molar-refractivity contribution in [1.29, 1.82) is 0 Å². The second kappa shape index (κ2) is 10.9. The quantitative estimate of drug-likeness (QED) is 0.372. The van der Waals surface area contributed by atoms with Crippen molar-refractivity contribution < 1.29 is 18.3 Å². The Labute approximate surface area is 182 Å². The van der Waals surface area contributed by atoms with Gasteiger partial charge in [-0.25, -0.2) is 4.98 Å². The fraction of sp³-hybridized carbons (Fsp3) is 0.318. The number of halogens is 2. The zero-order valence-electron chi connectivity index (χ0n) is 17.0. The average molecular weight is 448 g/mol. The summed E-state index contributed by atoms with van der Waals surface area (Å²) in [5.41, 5.74) is 1.26. The number of nitrogens with zero attached hydrogens (tertiary/aromatic N) is 2. The molecule has 31 heavy (non-hydrogen) atoms. The maximum absolute atomic E-state index is 12.9. The van der Waals surface area contributed by atoms with Crippen molar-refractivity contribution in [1.82, 2.24) is 14.9 Å². The van der Waals surface area contributed by atoms with Crippen LogP contribution in [0.2, 0.25) is 0 Å². The standard InChI is InChI=1S/C22H23F2N3O3S/c1-2-3-12-27-20(29)17-6-4-5-7-18(17)26-22(27)31-14-19(28)25-13-15-8-10-16(11-9-15)30-21(23)24/h4-11,21H,2-3,12-14H2,1H3,(H,25,28). The molecule has 1 amide bonds. The maximum Gasteiger partial charge on any atom is 0.387 e. The maximum atomic E-state index is 12.9. The molecule has 0 unspecified atom stereocenters. The van der Waals surface area contributed by atoms with Crippen LogP contribution in [0.4, 0.5) is 8.78 Å². The number of thioether (sulfide) groups is 1. The van der Waals surface area contributed by atoms with E-state index in [1.54, 1.807) is 28.8 Å². The molecule has 164 valence electrons. The van der Waals surface area contributed by atoms with Crippen LogP contribution < -0.4 is 15.6 Å². The van der Waals surface area contributed by atoms with Gasteiger partial charge >= 0.3 is 6.61 Å². The van der Waals surface area contributed by atoms with Gasteiger partial charge in [0.05, 0.1) is 16.7 Å². The van der Waals surface area contributed by atoms with Crippen molar-refractivity contribution in [2.24, 2.45) is 0 Å². The molecule has 1 aromatic heterocycles. The van der Waals surface area contributed by atoms with Gasteiger partial charge in [0.25, 0.3) is 5.56 Å². The number of alkyl halides is 2. The van der Waals surface area contributed by atoms with Crippen LogP contribution in [0.15, 0.2) is 58.5 Å². The van der Waals surface area contributed by atoms with Crippen LogP contribution >= 0.6 is 11.8 Å². The molecule has 0 radical (unpaired) electrons. The number of aromatic nitrogens is 2. The molecule has 1 N–H and O–H groups in total. The van der Waals surface area contributed by atoms with E-state index in [-0.39, 0.29) is 29.5 Å². The molecule has 0 fully saturated rings. The summed E-state index contributed by atoms with van der Waals surface area (Å²) in [4.78, 5) is 29.7. The lowest BCUT2D eigenvalue weighted by Gasteiger charge is -2.13. The summed E-state index contributed by atoms with van der Waals surface area (Å²) in [5, 5.41) is 3.86. The average Bonchev–Trinajstić information content (AvgIpc) is 2.76. The lowest BCUT2D eigenvalue weighted by Crippen LogP contribution is -2.27. The molecule has 3 aromatic rings. The number of hydrogen-bond acceptors (Lipinski definition) is 5. The molecule has 1 heterocycles. The smallest absolute Gasteiger partial charge is 0.387 e. The SMILES string of the molecule is CCCCn1c(SCC(=O)NCc2ccc(OC(F)F)cc2)nc2ccccc2c1=O. The number of fused-ring (bicyclic) bond motifs is 1. The summed E-state index contributed by atoms with van der Waals surface area (Å²) in [6.07, 6.45) is 1.77. The van der Waals surface area contributed by atoms with E-state index in [1.165, 1.54) is 23.9 Å². The number of rotatable bonds is 10. The molecule has 0 spiro atoms. The van der Waals surface area contributed by atoms with Crippen LogP contribution in [0.3, 0.4) is 0 Å². The van der Waals surface area contributed by atoms with E-state index in [9.17, 15) is 18.4 Å². The summed E-state index contributed by atoms with van der Waals surface area (Å²) in [5.74, 6) is -0.0563. The predicted molar refractivity (Wildman–Crippen MR) is 117 cm³/mol. The number of benzene rings is 2. The first-order valence-corrected chi connectivity index (χ1v) is 10.9. The van der Waals surface area contributed by atoms with E-state index in [2.05, 4.69) is 15.0 Å². The van der Waals surface area contributed by atoms with Crippen LogP contribution in [0, 0.1) is 0 Å². The van der Waals surface area contributed by atoms with E-state index in [4.69, 9.17) is 0 Å². The van der Waals surface area contributed by atoms with Crippen molar-refractivity contribution in [3.8, 4) is 5.75 Å². The predicted octanol–water partition coefficient (Wildman–Crippen LogP) is 4.21. The zero-order valence-corrected chi connectivity index (χ0v) is 17.8. The van der Waals surface area contributed by atoms with Crippen LogP contribution in [-0.2, 0) is 17.9 Å². The summed E-state index contributed by atoms with van der Waals surface area (Å²) in [6, 6.07) is 13.2. The normalized spacial score (nSPS) is 11.1. The first-order chi connectivity index (χ1) is 15.0. The molecule has 0 aliphatic rings. The highest BCUT2D eigenvalue weighted by Crippen LogP contribution is 2.19. The van der Waals surface area contributed by atoms with Gasteiger partial charge in [-0.1, -0.05) is 49.4 Å². The van der Waals surface area contributed by atoms with E-state index in [0.717, 1.165) is 18.4 Å². The number of para-hydroxylation sites is 1. The molecule has 6 nitrogen and oxygen atoms in total. The van der Waals surface area contributed by atoms with Crippen molar-refractivity contribution in [2.45, 2.75) is 44.6 Å². The second-order valence-corrected chi connectivity index (χ2v) is 7.75. The molecule has 0 saturated heterocycles. The largest absolute Gasteiger partial charge is 0.435 e. The summed E-state index contributed by atoms with van der Waals surface area (Å²) in [6.45, 7) is -0.0286. The van der Waals surface area contributed by atoms with Crippen molar-refractivity contribution in [2.75, 3.05) is 5.75 Å². The number of carbonyl (C=O) groups excluding carboxylic acids is 1. The van der Waals surface area contributed by atoms with Crippen molar-refractivity contribution in [3.05, 3.63) is 64.4 Å². The molecule has 0 aliphatic carbocycles. The van der Waals surface area contributed by atoms with Crippen molar-refractivity contribution >= 4 is 28.6 Å². The monoisotopic (exact) mass is 447 g/mol. The van der Waals surface area contributed by atoms with Gasteiger partial charge in [-0.3, -0.25) is 14.2 Å². The second-order valence-electron chi connectivity index (χ2n) is 6.81. The lowest BCUT2D eigenvalue weighted by molar-refractivity contribution is -0.118. The van der Waals surface area contributed by atoms with E-state index < -0.39 is 6.61 Å². The number of carbonyl (C=O) groups is 1.